The van der Waals surface area contributed by atoms with Crippen molar-refractivity contribution in [3.05, 3.63) is 65.6 Å². The molecule has 0 radical (unpaired) electrons. The maximum absolute atomic E-state index is 13.7. The number of methoxy groups -OCH3 is 1. The van der Waals surface area contributed by atoms with Gasteiger partial charge in [0.1, 0.15) is 5.69 Å². The van der Waals surface area contributed by atoms with Crippen molar-refractivity contribution in [3.63, 3.8) is 0 Å². The molecule has 0 saturated carbocycles. The van der Waals surface area contributed by atoms with E-state index in [1.54, 1.807) is 24.1 Å². The highest BCUT2D eigenvalue weighted by Gasteiger charge is 2.15. The van der Waals surface area contributed by atoms with Crippen LogP contribution < -0.4 is 4.74 Å². The predicted octanol–water partition coefficient (Wildman–Crippen LogP) is 3.59. The van der Waals surface area contributed by atoms with Gasteiger partial charge in [-0.2, -0.15) is 0 Å². The molecule has 0 bridgehead atoms. The van der Waals surface area contributed by atoms with Crippen molar-refractivity contribution in [1.82, 2.24) is 9.88 Å². The molecule has 1 amide bonds. The molecule has 0 fully saturated rings. The normalized spacial score (nSPS) is 10.7. The zero-order valence-electron chi connectivity index (χ0n) is 13.0. The summed E-state index contributed by atoms with van der Waals surface area (Å²) in [5, 5.41) is 0.986. The Hall–Kier alpha value is -2.82. The molecule has 3 aromatic rings. The molecule has 0 aliphatic rings. The Morgan fingerprint density at radius 1 is 1.22 bits per heavy atom. The van der Waals surface area contributed by atoms with Crippen molar-refractivity contribution in [1.29, 1.82) is 0 Å². The molecule has 1 N–H and O–H groups in total. The minimum Gasteiger partial charge on any atom is -0.494 e. The molecule has 5 heteroatoms. The number of para-hydroxylation sites is 1. The lowest BCUT2D eigenvalue weighted by Gasteiger charge is -2.16. The number of benzene rings is 2. The van der Waals surface area contributed by atoms with Gasteiger partial charge in [-0.3, -0.25) is 4.79 Å². The molecule has 23 heavy (non-hydrogen) atoms. The fourth-order valence-corrected chi connectivity index (χ4v) is 2.55. The van der Waals surface area contributed by atoms with E-state index in [1.165, 1.54) is 13.2 Å². The van der Waals surface area contributed by atoms with Gasteiger partial charge in [-0.1, -0.05) is 24.3 Å². The SMILES string of the molecule is COc1ccc(CN(C)C(=O)c2cc3ccccc3[nH]2)cc1F. The summed E-state index contributed by atoms with van der Waals surface area (Å²) < 4.78 is 18.6. The molecule has 3 rings (SSSR count). The molecule has 0 aliphatic carbocycles. The van der Waals surface area contributed by atoms with Crippen LogP contribution in [0.1, 0.15) is 16.1 Å². The van der Waals surface area contributed by atoms with E-state index < -0.39 is 5.82 Å². The highest BCUT2D eigenvalue weighted by molar-refractivity contribution is 5.97. The van der Waals surface area contributed by atoms with Gasteiger partial charge in [0.15, 0.2) is 11.6 Å². The van der Waals surface area contributed by atoms with E-state index in [0.29, 0.717) is 17.8 Å². The number of hydrogen-bond acceptors (Lipinski definition) is 2. The minimum absolute atomic E-state index is 0.141. The Morgan fingerprint density at radius 2 is 2.00 bits per heavy atom. The fraction of sp³-hybridized carbons (Fsp3) is 0.167. The van der Waals surface area contributed by atoms with Crippen molar-refractivity contribution in [3.8, 4) is 5.75 Å². The van der Waals surface area contributed by atoms with Crippen molar-refractivity contribution in [2.75, 3.05) is 14.2 Å². The summed E-state index contributed by atoms with van der Waals surface area (Å²) in [5.74, 6) is -0.382. The number of fused-ring (bicyclic) bond motifs is 1. The molecule has 1 aromatic heterocycles. The fourth-order valence-electron chi connectivity index (χ4n) is 2.55. The Balaban J connectivity index is 1.78. The summed E-state index contributed by atoms with van der Waals surface area (Å²) in [6.45, 7) is 0.315. The summed E-state index contributed by atoms with van der Waals surface area (Å²) in [6.07, 6.45) is 0. The molecule has 4 nitrogen and oxygen atoms in total. The van der Waals surface area contributed by atoms with Gasteiger partial charge >= 0.3 is 0 Å². The highest BCUT2D eigenvalue weighted by atomic mass is 19.1. The standard InChI is InChI=1S/C18H17FN2O2/c1-21(11-12-7-8-17(23-2)14(19)9-12)18(22)16-10-13-5-3-4-6-15(13)20-16/h3-10,20H,11H2,1-2H3. The summed E-state index contributed by atoms with van der Waals surface area (Å²) in [7, 11) is 3.11. The molecule has 2 aromatic carbocycles. The van der Waals surface area contributed by atoms with Crippen LogP contribution >= 0.6 is 0 Å². The van der Waals surface area contributed by atoms with Gasteiger partial charge in [0.05, 0.1) is 7.11 Å². The van der Waals surface area contributed by atoms with Crippen LogP contribution in [0.15, 0.2) is 48.5 Å². The topological polar surface area (TPSA) is 45.3 Å². The van der Waals surface area contributed by atoms with E-state index in [-0.39, 0.29) is 11.7 Å². The van der Waals surface area contributed by atoms with Gasteiger partial charge in [-0.25, -0.2) is 4.39 Å². The number of rotatable bonds is 4. The average molecular weight is 312 g/mol. The average Bonchev–Trinajstić information content (AvgIpc) is 2.98. The summed E-state index contributed by atoms with van der Waals surface area (Å²) >= 11 is 0. The number of carbonyl (C=O) groups is 1. The van der Waals surface area contributed by atoms with Gasteiger partial charge in [0, 0.05) is 24.5 Å². The van der Waals surface area contributed by atoms with Gasteiger partial charge in [0.2, 0.25) is 0 Å². The van der Waals surface area contributed by atoms with Crippen molar-refractivity contribution in [2.45, 2.75) is 6.54 Å². The summed E-state index contributed by atoms with van der Waals surface area (Å²) in [4.78, 5) is 17.2. The second-order valence-corrected chi connectivity index (χ2v) is 5.40. The molecule has 0 spiro atoms. The Morgan fingerprint density at radius 3 is 2.70 bits per heavy atom. The third-order valence-corrected chi connectivity index (χ3v) is 3.74. The number of amides is 1. The third kappa shape index (κ3) is 3.04. The lowest BCUT2D eigenvalue weighted by Crippen LogP contribution is -2.26. The third-order valence-electron chi connectivity index (χ3n) is 3.74. The van der Waals surface area contributed by atoms with E-state index in [9.17, 15) is 9.18 Å². The number of nitrogens with one attached hydrogen (secondary N) is 1. The number of carbonyl (C=O) groups excluding carboxylic acids is 1. The first-order chi connectivity index (χ1) is 11.1. The zero-order valence-corrected chi connectivity index (χ0v) is 13.0. The molecular weight excluding hydrogens is 295 g/mol. The second kappa shape index (κ2) is 6.12. The van der Waals surface area contributed by atoms with Crippen molar-refractivity contribution in [2.24, 2.45) is 0 Å². The molecule has 0 atom stereocenters. The predicted molar refractivity (Wildman–Crippen MR) is 87.0 cm³/mol. The number of aromatic nitrogens is 1. The zero-order chi connectivity index (χ0) is 16.4. The first kappa shape index (κ1) is 15.1. The summed E-state index contributed by atoms with van der Waals surface area (Å²) in [6, 6.07) is 14.2. The minimum atomic E-state index is -0.434. The molecule has 0 saturated heterocycles. The lowest BCUT2D eigenvalue weighted by molar-refractivity contribution is 0.0780. The van der Waals surface area contributed by atoms with Crippen molar-refractivity contribution < 1.29 is 13.9 Å². The molecule has 118 valence electrons. The van der Waals surface area contributed by atoms with Crippen molar-refractivity contribution >= 4 is 16.8 Å². The van der Waals surface area contributed by atoms with Gasteiger partial charge in [0.25, 0.3) is 5.91 Å². The van der Waals surface area contributed by atoms with E-state index >= 15 is 0 Å². The monoisotopic (exact) mass is 312 g/mol. The van der Waals surface area contributed by atoms with Crippen LogP contribution in [0.25, 0.3) is 10.9 Å². The van der Waals surface area contributed by atoms with E-state index in [0.717, 1.165) is 10.9 Å². The van der Waals surface area contributed by atoms with Gasteiger partial charge in [-0.15, -0.1) is 0 Å². The largest absolute Gasteiger partial charge is 0.494 e. The number of H-pyrrole nitrogens is 1. The Labute approximate surface area is 133 Å². The number of nitrogens with zero attached hydrogens (tertiary/aromatic N) is 1. The van der Waals surface area contributed by atoms with Crippen LogP contribution in [0, 0.1) is 5.82 Å². The first-order valence-electron chi connectivity index (χ1n) is 7.24. The van der Waals surface area contributed by atoms with Crippen LogP contribution in [-0.2, 0) is 6.54 Å². The van der Waals surface area contributed by atoms with E-state index in [2.05, 4.69) is 4.98 Å². The van der Waals surface area contributed by atoms with Crippen LogP contribution in [0.5, 0.6) is 5.75 Å². The van der Waals surface area contributed by atoms with Crippen LogP contribution in [0.3, 0.4) is 0 Å². The van der Waals surface area contributed by atoms with Crippen LogP contribution in [0.4, 0.5) is 4.39 Å². The lowest BCUT2D eigenvalue weighted by atomic mass is 10.2. The van der Waals surface area contributed by atoms with Gasteiger partial charge in [-0.05, 0) is 29.8 Å². The molecule has 0 aliphatic heterocycles. The Bertz CT molecular complexity index is 824. The number of ether oxygens (including phenoxy) is 1. The van der Waals surface area contributed by atoms with Gasteiger partial charge < -0.3 is 14.6 Å². The molecular formula is C18H17FN2O2. The maximum atomic E-state index is 13.7. The van der Waals surface area contributed by atoms with Crippen LogP contribution in [-0.4, -0.2) is 29.9 Å². The Kier molecular flexibility index (Phi) is 4.02. The summed E-state index contributed by atoms with van der Waals surface area (Å²) in [5.41, 5.74) is 2.14. The number of hydrogen-bond donors (Lipinski definition) is 1. The first-order valence-corrected chi connectivity index (χ1v) is 7.24. The molecule has 1 heterocycles. The second-order valence-electron chi connectivity index (χ2n) is 5.40. The van der Waals surface area contributed by atoms with Crippen LogP contribution in [0.2, 0.25) is 0 Å². The molecule has 0 unspecified atom stereocenters. The van der Waals surface area contributed by atoms with E-state index in [1.807, 2.05) is 30.3 Å². The number of aromatic amines is 1. The maximum Gasteiger partial charge on any atom is 0.270 e. The number of halogens is 1. The smallest absolute Gasteiger partial charge is 0.270 e. The van der Waals surface area contributed by atoms with E-state index in [4.69, 9.17) is 4.74 Å². The quantitative estimate of drug-likeness (QED) is 0.800. The highest BCUT2D eigenvalue weighted by Crippen LogP contribution is 2.20.